The smallest absolute Gasteiger partial charge is 0.181 e. The molecule has 0 atom stereocenters. The number of aryl methyl sites for hydroxylation is 1. The minimum absolute atomic E-state index is 0.363. The second-order valence-electron chi connectivity index (χ2n) is 4.29. The lowest BCUT2D eigenvalue weighted by molar-refractivity contribution is 0.432. The van der Waals surface area contributed by atoms with Crippen molar-refractivity contribution < 1.29 is 9.50 Å². The number of nitrogens with zero attached hydrogens (tertiary/aromatic N) is 2. The molecule has 0 amide bonds. The first kappa shape index (κ1) is 11.6. The Bertz CT molecular complexity index is 752. The zero-order chi connectivity index (χ0) is 13.4. The molecule has 0 aliphatic rings. The van der Waals surface area contributed by atoms with Crippen molar-refractivity contribution in [3.63, 3.8) is 0 Å². The van der Waals surface area contributed by atoms with Gasteiger partial charge in [-0.05, 0) is 36.8 Å². The molecule has 0 spiro atoms. The first-order valence-electron chi connectivity index (χ1n) is 6.02. The average Bonchev–Trinajstić information content (AvgIpc) is 2.84. The third kappa shape index (κ3) is 1.93. The van der Waals surface area contributed by atoms with Gasteiger partial charge in [-0.25, -0.2) is 9.37 Å². The van der Waals surface area contributed by atoms with Crippen LogP contribution in [0, 0.1) is 5.82 Å². The Hall–Kier alpha value is -2.43. The number of aromatic nitrogens is 3. The van der Waals surface area contributed by atoms with Crippen molar-refractivity contribution in [2.75, 3.05) is 0 Å². The van der Waals surface area contributed by atoms with Crippen molar-refractivity contribution >= 4 is 11.0 Å². The van der Waals surface area contributed by atoms with Crippen LogP contribution in [0.3, 0.4) is 0 Å². The number of phenols is 1. The van der Waals surface area contributed by atoms with Crippen molar-refractivity contribution in [1.82, 2.24) is 15.2 Å². The van der Waals surface area contributed by atoms with E-state index in [-0.39, 0.29) is 5.75 Å². The molecule has 1 aromatic carbocycles. The molecule has 0 saturated heterocycles. The lowest BCUT2D eigenvalue weighted by atomic mass is 10.1. The SMILES string of the molecule is CCc1[nH]nc2nc(-c3ccc(O)c(F)c3)ccc12. The molecule has 5 heteroatoms. The highest BCUT2D eigenvalue weighted by Crippen LogP contribution is 2.25. The highest BCUT2D eigenvalue weighted by Gasteiger charge is 2.09. The number of pyridine rings is 1. The first-order valence-corrected chi connectivity index (χ1v) is 6.02. The van der Waals surface area contributed by atoms with Gasteiger partial charge in [0.15, 0.2) is 17.2 Å². The van der Waals surface area contributed by atoms with Gasteiger partial charge in [0.2, 0.25) is 0 Å². The van der Waals surface area contributed by atoms with E-state index in [0.717, 1.165) is 17.5 Å². The highest BCUT2D eigenvalue weighted by molar-refractivity contribution is 5.80. The van der Waals surface area contributed by atoms with E-state index in [4.69, 9.17) is 0 Å². The molecule has 0 unspecified atom stereocenters. The third-order valence-corrected chi connectivity index (χ3v) is 3.09. The lowest BCUT2D eigenvalue weighted by Gasteiger charge is -2.02. The van der Waals surface area contributed by atoms with Crippen LogP contribution in [-0.4, -0.2) is 20.3 Å². The van der Waals surface area contributed by atoms with E-state index in [1.807, 2.05) is 19.1 Å². The predicted octanol–water partition coefficient (Wildman–Crippen LogP) is 3.03. The van der Waals surface area contributed by atoms with Crippen LogP contribution in [0.5, 0.6) is 5.75 Å². The monoisotopic (exact) mass is 257 g/mol. The number of phenolic OH excluding ortho intramolecular Hbond substituents is 1. The maximum atomic E-state index is 13.3. The molecule has 2 N–H and O–H groups in total. The average molecular weight is 257 g/mol. The molecular formula is C14H12FN3O. The van der Waals surface area contributed by atoms with E-state index in [9.17, 15) is 9.50 Å². The number of aromatic hydroxyl groups is 1. The van der Waals surface area contributed by atoms with Gasteiger partial charge in [0.25, 0.3) is 0 Å². The molecule has 2 aromatic heterocycles. The number of aromatic amines is 1. The Morgan fingerprint density at radius 1 is 1.26 bits per heavy atom. The molecule has 0 saturated carbocycles. The summed E-state index contributed by atoms with van der Waals surface area (Å²) in [5, 5.41) is 17.2. The van der Waals surface area contributed by atoms with Crippen molar-refractivity contribution in [1.29, 1.82) is 0 Å². The standard InChI is InChI=1S/C14H12FN3O/c1-2-11-9-4-5-12(16-14(9)18-17-11)8-3-6-13(19)10(15)7-8/h3-7,19H,2H2,1H3,(H,16,17,18). The van der Waals surface area contributed by atoms with Crippen molar-refractivity contribution in [2.45, 2.75) is 13.3 Å². The summed E-state index contributed by atoms with van der Waals surface area (Å²) in [4.78, 5) is 4.39. The normalized spacial score (nSPS) is 11.1. The number of H-pyrrole nitrogens is 1. The Kier molecular flexibility index (Phi) is 2.67. The van der Waals surface area contributed by atoms with Gasteiger partial charge in [-0.3, -0.25) is 5.10 Å². The van der Waals surface area contributed by atoms with E-state index in [0.29, 0.717) is 16.9 Å². The molecule has 96 valence electrons. The van der Waals surface area contributed by atoms with E-state index < -0.39 is 5.82 Å². The maximum Gasteiger partial charge on any atom is 0.181 e. The number of hydrogen-bond donors (Lipinski definition) is 2. The molecule has 19 heavy (non-hydrogen) atoms. The Labute approximate surface area is 108 Å². The van der Waals surface area contributed by atoms with E-state index in [2.05, 4.69) is 15.2 Å². The highest BCUT2D eigenvalue weighted by atomic mass is 19.1. The number of halogens is 1. The number of nitrogens with one attached hydrogen (secondary N) is 1. The van der Waals surface area contributed by atoms with Gasteiger partial charge in [-0.1, -0.05) is 6.92 Å². The van der Waals surface area contributed by atoms with Gasteiger partial charge in [0.05, 0.1) is 5.69 Å². The van der Waals surface area contributed by atoms with Crippen molar-refractivity contribution in [2.24, 2.45) is 0 Å². The summed E-state index contributed by atoms with van der Waals surface area (Å²) in [7, 11) is 0. The fraction of sp³-hybridized carbons (Fsp3) is 0.143. The number of hydrogen-bond acceptors (Lipinski definition) is 3. The summed E-state index contributed by atoms with van der Waals surface area (Å²) in [6, 6.07) is 7.95. The fourth-order valence-electron chi connectivity index (χ4n) is 2.05. The zero-order valence-corrected chi connectivity index (χ0v) is 10.3. The van der Waals surface area contributed by atoms with E-state index in [1.54, 1.807) is 6.07 Å². The fourth-order valence-corrected chi connectivity index (χ4v) is 2.05. The Balaban J connectivity index is 2.12. The van der Waals surface area contributed by atoms with Crippen LogP contribution < -0.4 is 0 Å². The summed E-state index contributed by atoms with van der Waals surface area (Å²) in [5.74, 6) is -1.02. The van der Waals surface area contributed by atoms with Gasteiger partial charge in [-0.15, -0.1) is 0 Å². The largest absolute Gasteiger partial charge is 0.505 e. The van der Waals surface area contributed by atoms with Gasteiger partial charge < -0.3 is 5.11 Å². The molecule has 2 heterocycles. The number of fused-ring (bicyclic) bond motifs is 1. The lowest BCUT2D eigenvalue weighted by Crippen LogP contribution is -1.86. The van der Waals surface area contributed by atoms with Crippen LogP contribution >= 0.6 is 0 Å². The topological polar surface area (TPSA) is 61.8 Å². The van der Waals surface area contributed by atoms with Gasteiger partial charge in [-0.2, -0.15) is 5.10 Å². The van der Waals surface area contributed by atoms with Crippen LogP contribution in [0.1, 0.15) is 12.6 Å². The summed E-state index contributed by atoms with van der Waals surface area (Å²) < 4.78 is 13.3. The second-order valence-corrected chi connectivity index (χ2v) is 4.29. The molecule has 0 fully saturated rings. The maximum absolute atomic E-state index is 13.3. The number of benzene rings is 1. The van der Waals surface area contributed by atoms with Crippen LogP contribution in [-0.2, 0) is 6.42 Å². The van der Waals surface area contributed by atoms with Gasteiger partial charge in [0.1, 0.15) is 0 Å². The summed E-state index contributed by atoms with van der Waals surface area (Å²) in [6.45, 7) is 2.04. The molecule has 0 aliphatic heterocycles. The molecular weight excluding hydrogens is 245 g/mol. The van der Waals surface area contributed by atoms with Crippen molar-refractivity contribution in [3.8, 4) is 17.0 Å². The zero-order valence-electron chi connectivity index (χ0n) is 10.3. The molecule has 3 aromatic rings. The third-order valence-electron chi connectivity index (χ3n) is 3.09. The number of rotatable bonds is 2. The summed E-state index contributed by atoms with van der Waals surface area (Å²) >= 11 is 0. The minimum Gasteiger partial charge on any atom is -0.505 e. The molecule has 4 nitrogen and oxygen atoms in total. The predicted molar refractivity (Wildman–Crippen MR) is 70.3 cm³/mol. The van der Waals surface area contributed by atoms with Gasteiger partial charge in [0, 0.05) is 16.6 Å². The quantitative estimate of drug-likeness (QED) is 0.741. The Morgan fingerprint density at radius 3 is 2.84 bits per heavy atom. The van der Waals surface area contributed by atoms with Crippen LogP contribution in [0.25, 0.3) is 22.3 Å². The summed E-state index contributed by atoms with van der Waals surface area (Å²) in [6.07, 6.45) is 0.853. The first-order chi connectivity index (χ1) is 9.19. The van der Waals surface area contributed by atoms with E-state index >= 15 is 0 Å². The van der Waals surface area contributed by atoms with E-state index in [1.165, 1.54) is 12.1 Å². The molecule has 3 rings (SSSR count). The molecule has 0 bridgehead atoms. The molecule has 0 aliphatic carbocycles. The second kappa shape index (κ2) is 4.35. The van der Waals surface area contributed by atoms with Crippen molar-refractivity contribution in [3.05, 3.63) is 41.8 Å². The minimum atomic E-state index is -0.657. The molecule has 0 radical (unpaired) electrons. The van der Waals surface area contributed by atoms with Gasteiger partial charge >= 0.3 is 0 Å². The Morgan fingerprint density at radius 2 is 2.11 bits per heavy atom. The summed E-state index contributed by atoms with van der Waals surface area (Å²) in [5.41, 5.74) is 2.88. The van der Waals surface area contributed by atoms with Crippen LogP contribution in [0.15, 0.2) is 30.3 Å². The van der Waals surface area contributed by atoms with Crippen LogP contribution in [0.2, 0.25) is 0 Å². The van der Waals surface area contributed by atoms with Crippen LogP contribution in [0.4, 0.5) is 4.39 Å².